The number of halogens is 1. The van der Waals surface area contributed by atoms with Gasteiger partial charge in [-0.25, -0.2) is 24.2 Å². The van der Waals surface area contributed by atoms with Gasteiger partial charge in [0, 0.05) is 31.6 Å². The van der Waals surface area contributed by atoms with E-state index < -0.39 is 12.0 Å². The van der Waals surface area contributed by atoms with Crippen LogP contribution in [0.25, 0.3) is 11.1 Å². The molecule has 13 heteroatoms. The molecule has 2 aliphatic rings. The minimum Gasteiger partial charge on any atom is -0.494 e. The van der Waals surface area contributed by atoms with Crippen LogP contribution in [-0.2, 0) is 9.63 Å². The summed E-state index contributed by atoms with van der Waals surface area (Å²) >= 11 is 0. The molecular weight excluding hydrogens is 629 g/mol. The summed E-state index contributed by atoms with van der Waals surface area (Å²) in [6.07, 6.45) is 2.38. The van der Waals surface area contributed by atoms with Crippen molar-refractivity contribution in [2.75, 3.05) is 47.4 Å². The van der Waals surface area contributed by atoms with Gasteiger partial charge in [0.05, 0.1) is 48.9 Å². The van der Waals surface area contributed by atoms with Crippen LogP contribution in [0.15, 0.2) is 85.7 Å². The van der Waals surface area contributed by atoms with Crippen LogP contribution in [0.5, 0.6) is 5.75 Å². The lowest BCUT2D eigenvalue weighted by molar-refractivity contribution is -0.111. The quantitative estimate of drug-likeness (QED) is 0.167. The molecule has 2 saturated heterocycles. The van der Waals surface area contributed by atoms with Crippen molar-refractivity contribution < 1.29 is 28.7 Å². The molecule has 3 N–H and O–H groups in total. The van der Waals surface area contributed by atoms with Crippen LogP contribution >= 0.6 is 0 Å². The van der Waals surface area contributed by atoms with Gasteiger partial charge >= 0.3 is 6.09 Å². The van der Waals surface area contributed by atoms with E-state index in [4.69, 9.17) is 9.57 Å². The molecule has 0 saturated carbocycles. The Hall–Kier alpha value is -5.69. The second kappa shape index (κ2) is 14.2. The fourth-order valence-corrected chi connectivity index (χ4v) is 6.54. The van der Waals surface area contributed by atoms with E-state index >= 15 is 0 Å². The zero-order valence-corrected chi connectivity index (χ0v) is 27.5. The van der Waals surface area contributed by atoms with Gasteiger partial charge in [-0.05, 0) is 60.9 Å². The predicted molar refractivity (Wildman–Crippen MR) is 186 cm³/mol. The molecule has 254 valence electrons. The lowest BCUT2D eigenvalue weighted by Gasteiger charge is -2.44. The third-order valence-electron chi connectivity index (χ3n) is 8.72. The zero-order chi connectivity index (χ0) is 34.7. The van der Waals surface area contributed by atoms with Crippen LogP contribution in [0, 0.1) is 5.82 Å². The van der Waals surface area contributed by atoms with E-state index in [-0.39, 0.29) is 23.9 Å². The summed E-state index contributed by atoms with van der Waals surface area (Å²) in [5.41, 5.74) is 4.39. The van der Waals surface area contributed by atoms with Gasteiger partial charge in [-0.2, -0.15) is 0 Å². The lowest BCUT2D eigenvalue weighted by atomic mass is 9.98. The highest BCUT2D eigenvalue weighted by atomic mass is 19.1. The van der Waals surface area contributed by atoms with Crippen molar-refractivity contribution in [2.45, 2.75) is 38.4 Å². The summed E-state index contributed by atoms with van der Waals surface area (Å²) in [5.74, 6) is 0.783. The Balaban J connectivity index is 1.28. The number of hydrogen-bond acceptors (Lipinski definition) is 9. The molecule has 12 nitrogen and oxygen atoms in total. The third kappa shape index (κ3) is 7.11. The molecule has 1 unspecified atom stereocenters. The minimum absolute atomic E-state index is 0.142. The van der Waals surface area contributed by atoms with E-state index in [1.807, 2.05) is 55.1 Å². The number of carbonyl (C=O) groups excluding carboxylic acids is 1. The first-order valence-corrected chi connectivity index (χ1v) is 15.9. The van der Waals surface area contributed by atoms with E-state index in [1.54, 1.807) is 30.4 Å². The fraction of sp³-hybridized carbons (Fsp3) is 0.278. The number of nitrogens with one attached hydrogen (secondary N) is 2. The standard InChI is InChI=1S/C36H38FN7O5/c1-5-35(45)41-28-16-29(32(48-4)17-31(28)42-19-22(2)43(36(46)47)23(3)20-42)40-33-18-34(39-21-38-33)44-30(12-13-49-44)26-10-6-8-24(14-26)25-9-7-11-27(37)15-25/h5-11,14-18,21-23,30H,1,12-13,19-20H2,2-4H3,(H,41,45)(H,46,47)(H,38,39,40)/t22-,23+,30?. The second-order valence-electron chi connectivity index (χ2n) is 12.0. The summed E-state index contributed by atoms with van der Waals surface area (Å²) < 4.78 is 19.7. The van der Waals surface area contributed by atoms with Crippen LogP contribution in [0.4, 0.5) is 37.9 Å². The molecule has 4 aromatic rings. The average molecular weight is 668 g/mol. The largest absolute Gasteiger partial charge is 0.494 e. The van der Waals surface area contributed by atoms with Crippen molar-refractivity contribution in [3.63, 3.8) is 0 Å². The average Bonchev–Trinajstić information content (AvgIpc) is 3.58. The Kier molecular flexibility index (Phi) is 9.63. The minimum atomic E-state index is -0.968. The van der Waals surface area contributed by atoms with E-state index in [9.17, 15) is 19.1 Å². The number of hydrogen-bond donors (Lipinski definition) is 3. The van der Waals surface area contributed by atoms with E-state index in [0.717, 1.165) is 23.1 Å². The SMILES string of the molecule is C=CC(=O)Nc1cc(Nc2cc(N3OCCC3c3cccc(-c4cccc(F)c4)c3)ncn2)c(OC)cc1N1C[C@@H](C)N(C(=O)O)[C@@H](C)C1. The van der Waals surface area contributed by atoms with Gasteiger partial charge in [-0.3, -0.25) is 14.5 Å². The molecule has 3 heterocycles. The van der Waals surface area contributed by atoms with Gasteiger partial charge in [0.2, 0.25) is 5.91 Å². The van der Waals surface area contributed by atoms with Gasteiger partial charge in [-0.1, -0.05) is 36.9 Å². The number of carboxylic acid groups (broad SMARTS) is 1. The van der Waals surface area contributed by atoms with Crippen molar-refractivity contribution in [3.8, 4) is 16.9 Å². The van der Waals surface area contributed by atoms with Gasteiger partial charge in [0.25, 0.3) is 0 Å². The van der Waals surface area contributed by atoms with Crippen molar-refractivity contribution >= 4 is 40.7 Å². The molecular formula is C36H38FN7O5. The molecule has 0 bridgehead atoms. The Morgan fingerprint density at radius 1 is 1.02 bits per heavy atom. The lowest BCUT2D eigenvalue weighted by Crippen LogP contribution is -2.58. The maximum Gasteiger partial charge on any atom is 0.407 e. The predicted octanol–water partition coefficient (Wildman–Crippen LogP) is 6.62. The Morgan fingerprint density at radius 2 is 1.76 bits per heavy atom. The number of ether oxygens (including phenoxy) is 1. The molecule has 2 fully saturated rings. The van der Waals surface area contributed by atoms with Crippen LogP contribution in [0.1, 0.15) is 31.9 Å². The van der Waals surface area contributed by atoms with E-state index in [1.165, 1.54) is 29.4 Å². The summed E-state index contributed by atoms with van der Waals surface area (Å²) in [5, 5.41) is 17.7. The molecule has 49 heavy (non-hydrogen) atoms. The van der Waals surface area contributed by atoms with Gasteiger partial charge in [0.15, 0.2) is 5.82 Å². The van der Waals surface area contributed by atoms with E-state index in [2.05, 4.69) is 27.2 Å². The monoisotopic (exact) mass is 667 g/mol. The van der Waals surface area contributed by atoms with Crippen molar-refractivity contribution in [1.82, 2.24) is 14.9 Å². The molecule has 1 aromatic heterocycles. The normalized spacial score (nSPS) is 19.0. The molecule has 0 spiro atoms. The Morgan fingerprint density at radius 3 is 2.45 bits per heavy atom. The number of anilines is 5. The van der Waals surface area contributed by atoms with Crippen molar-refractivity contribution in [2.24, 2.45) is 0 Å². The number of methoxy groups -OCH3 is 1. The molecule has 3 atom stereocenters. The van der Waals surface area contributed by atoms with Gasteiger partial charge < -0.3 is 25.4 Å². The van der Waals surface area contributed by atoms with Crippen molar-refractivity contribution in [1.29, 1.82) is 0 Å². The third-order valence-corrected chi connectivity index (χ3v) is 8.72. The number of amides is 2. The topological polar surface area (TPSA) is 132 Å². The molecule has 2 aliphatic heterocycles. The number of carbonyl (C=O) groups is 2. The summed E-state index contributed by atoms with van der Waals surface area (Å²) in [7, 11) is 1.55. The second-order valence-corrected chi connectivity index (χ2v) is 12.0. The molecule has 0 radical (unpaired) electrons. The number of benzene rings is 3. The zero-order valence-electron chi connectivity index (χ0n) is 27.5. The first-order chi connectivity index (χ1) is 23.6. The smallest absolute Gasteiger partial charge is 0.407 e. The molecule has 2 amide bonds. The summed E-state index contributed by atoms with van der Waals surface area (Å²) in [4.78, 5) is 42.8. The van der Waals surface area contributed by atoms with Crippen LogP contribution in [0.2, 0.25) is 0 Å². The number of piperazine rings is 1. The van der Waals surface area contributed by atoms with Gasteiger partial charge in [-0.15, -0.1) is 0 Å². The van der Waals surface area contributed by atoms with Crippen LogP contribution in [0.3, 0.4) is 0 Å². The van der Waals surface area contributed by atoms with Crippen molar-refractivity contribution in [3.05, 3.63) is 97.1 Å². The highest BCUT2D eigenvalue weighted by Gasteiger charge is 2.34. The fourth-order valence-electron chi connectivity index (χ4n) is 6.54. The number of hydroxylamine groups is 1. The van der Waals surface area contributed by atoms with Crippen LogP contribution < -0.4 is 25.3 Å². The Labute approximate surface area is 283 Å². The first-order valence-electron chi connectivity index (χ1n) is 15.9. The molecule has 6 rings (SSSR count). The highest BCUT2D eigenvalue weighted by molar-refractivity contribution is 6.02. The number of nitrogens with zero attached hydrogens (tertiary/aromatic N) is 5. The summed E-state index contributed by atoms with van der Waals surface area (Å²) in [6.45, 7) is 8.62. The number of aromatic nitrogens is 2. The molecule has 0 aliphatic carbocycles. The van der Waals surface area contributed by atoms with E-state index in [0.29, 0.717) is 54.1 Å². The number of rotatable bonds is 9. The maximum absolute atomic E-state index is 13.9. The first kappa shape index (κ1) is 33.2. The summed E-state index contributed by atoms with van der Waals surface area (Å²) in [6, 6.07) is 19.1. The van der Waals surface area contributed by atoms with Crippen LogP contribution in [-0.4, -0.2) is 70.9 Å². The maximum atomic E-state index is 13.9. The molecule has 3 aromatic carbocycles. The van der Waals surface area contributed by atoms with Gasteiger partial charge in [0.1, 0.15) is 23.7 Å². The Bertz CT molecular complexity index is 1860. The highest BCUT2D eigenvalue weighted by Crippen LogP contribution is 2.41.